The van der Waals surface area contributed by atoms with Gasteiger partial charge in [0.15, 0.2) is 5.13 Å². The largest absolute Gasteiger partial charge is 0.301 e. The Morgan fingerprint density at radius 3 is 2.94 bits per heavy atom. The predicted octanol–water partition coefficient (Wildman–Crippen LogP) is 1.83. The lowest BCUT2D eigenvalue weighted by Crippen LogP contribution is -2.16. The second-order valence-corrected chi connectivity index (χ2v) is 4.30. The topological polar surface area (TPSA) is 59.1 Å². The molecule has 0 unspecified atom stereocenters. The average molecular weight is 255 g/mol. The fraction of sp³-hybridized carbons (Fsp3) is 0.100. The van der Waals surface area contributed by atoms with Gasteiger partial charge in [-0.2, -0.15) is 4.98 Å². The zero-order chi connectivity index (χ0) is 11.5. The van der Waals surface area contributed by atoms with Gasteiger partial charge in [-0.1, -0.05) is 23.5 Å². The van der Waals surface area contributed by atoms with Crippen molar-refractivity contribution in [3.05, 3.63) is 34.6 Å². The minimum Gasteiger partial charge on any atom is -0.301 e. The Morgan fingerprint density at radius 1 is 1.44 bits per heavy atom. The van der Waals surface area contributed by atoms with Gasteiger partial charge >= 0.3 is 0 Å². The number of carbonyl (C=O) groups excluding carboxylic acids is 1. The Kier molecular flexibility index (Phi) is 3.17. The molecule has 0 fully saturated rings. The monoisotopic (exact) mass is 254 g/mol. The zero-order valence-electron chi connectivity index (χ0n) is 8.07. The van der Waals surface area contributed by atoms with Crippen molar-refractivity contribution < 1.29 is 4.79 Å². The van der Waals surface area contributed by atoms with E-state index in [1.807, 2.05) is 6.07 Å². The van der Waals surface area contributed by atoms with Crippen LogP contribution in [0.1, 0.15) is 0 Å². The average Bonchev–Trinajstić information content (AvgIpc) is 2.29. The number of nitrogens with zero attached hydrogens (tertiary/aromatic N) is 1. The maximum absolute atomic E-state index is 11.6. The van der Waals surface area contributed by atoms with Gasteiger partial charge in [-0.3, -0.25) is 9.59 Å². The SMILES string of the molecule is O=C(CCl)Nc1nc(=O)c2ccccc2s1. The van der Waals surface area contributed by atoms with E-state index in [1.165, 1.54) is 11.3 Å². The molecule has 0 saturated heterocycles. The highest BCUT2D eigenvalue weighted by molar-refractivity contribution is 7.21. The molecule has 0 radical (unpaired) electrons. The van der Waals surface area contributed by atoms with E-state index < -0.39 is 0 Å². The first-order valence-corrected chi connectivity index (χ1v) is 5.81. The molecule has 82 valence electrons. The zero-order valence-corrected chi connectivity index (χ0v) is 9.64. The fourth-order valence-electron chi connectivity index (χ4n) is 1.22. The van der Waals surface area contributed by atoms with E-state index in [2.05, 4.69) is 10.3 Å². The van der Waals surface area contributed by atoms with E-state index in [0.29, 0.717) is 5.39 Å². The van der Waals surface area contributed by atoms with Crippen molar-refractivity contribution in [1.29, 1.82) is 0 Å². The van der Waals surface area contributed by atoms with Crippen molar-refractivity contribution in [1.82, 2.24) is 4.98 Å². The van der Waals surface area contributed by atoms with Crippen molar-refractivity contribution in [3.8, 4) is 0 Å². The lowest BCUT2D eigenvalue weighted by molar-refractivity contribution is -0.113. The quantitative estimate of drug-likeness (QED) is 0.832. The van der Waals surface area contributed by atoms with Crippen LogP contribution in [0.4, 0.5) is 5.13 Å². The van der Waals surface area contributed by atoms with Gasteiger partial charge in [0.2, 0.25) is 5.91 Å². The maximum atomic E-state index is 11.6. The molecule has 2 rings (SSSR count). The second-order valence-electron chi connectivity index (χ2n) is 3.00. The summed E-state index contributed by atoms with van der Waals surface area (Å²) in [5.41, 5.74) is -0.348. The molecule has 0 saturated carbocycles. The van der Waals surface area contributed by atoms with Gasteiger partial charge in [-0.25, -0.2) is 0 Å². The molecule has 0 atom stereocenters. The van der Waals surface area contributed by atoms with Gasteiger partial charge < -0.3 is 5.32 Å². The van der Waals surface area contributed by atoms with Crippen molar-refractivity contribution in [2.24, 2.45) is 0 Å². The lowest BCUT2D eigenvalue weighted by Gasteiger charge is -2.01. The molecule has 1 heterocycles. The summed E-state index contributed by atoms with van der Waals surface area (Å²) in [7, 11) is 0. The van der Waals surface area contributed by atoms with Crippen LogP contribution in [-0.2, 0) is 4.79 Å². The van der Waals surface area contributed by atoms with Crippen LogP contribution in [0.25, 0.3) is 10.1 Å². The number of nitrogens with one attached hydrogen (secondary N) is 1. The molecular weight excluding hydrogens is 248 g/mol. The van der Waals surface area contributed by atoms with Gasteiger partial charge in [-0.05, 0) is 12.1 Å². The molecule has 0 aliphatic rings. The molecule has 1 amide bonds. The third kappa shape index (κ3) is 2.20. The van der Waals surface area contributed by atoms with Crippen LogP contribution < -0.4 is 10.9 Å². The lowest BCUT2D eigenvalue weighted by atomic mass is 10.3. The smallest absolute Gasteiger partial charge is 0.281 e. The van der Waals surface area contributed by atoms with Gasteiger partial charge in [0.1, 0.15) is 5.88 Å². The molecule has 0 spiro atoms. The second kappa shape index (κ2) is 4.59. The van der Waals surface area contributed by atoms with Crippen molar-refractivity contribution >= 4 is 44.1 Å². The molecule has 4 nitrogen and oxygen atoms in total. The number of aromatic nitrogens is 1. The number of rotatable bonds is 2. The highest BCUT2D eigenvalue weighted by Gasteiger charge is 2.06. The van der Waals surface area contributed by atoms with Crippen LogP contribution in [0.3, 0.4) is 0 Å². The third-order valence-corrected chi connectivity index (χ3v) is 3.10. The standard InChI is InChI=1S/C10H7ClN2O2S/c11-5-8(14)12-10-13-9(15)6-3-1-2-4-7(6)16-10/h1-4H,5H2,(H,12,13,14,15). The van der Waals surface area contributed by atoms with E-state index in [9.17, 15) is 9.59 Å². The van der Waals surface area contributed by atoms with Crippen LogP contribution in [0.15, 0.2) is 29.1 Å². The van der Waals surface area contributed by atoms with Crippen LogP contribution in [0.2, 0.25) is 0 Å². The molecule has 6 heteroatoms. The number of hydrogen-bond donors (Lipinski definition) is 1. The molecule has 16 heavy (non-hydrogen) atoms. The summed E-state index contributed by atoms with van der Waals surface area (Å²) in [5, 5.41) is 3.29. The first-order chi connectivity index (χ1) is 7.70. The molecule has 1 aromatic heterocycles. The first-order valence-electron chi connectivity index (χ1n) is 4.46. The Balaban J connectivity index is 2.50. The summed E-state index contributed by atoms with van der Waals surface area (Å²) < 4.78 is 0.785. The number of halogens is 1. The Morgan fingerprint density at radius 2 is 2.19 bits per heavy atom. The normalized spacial score (nSPS) is 10.3. The van der Waals surface area contributed by atoms with Crippen molar-refractivity contribution in [2.45, 2.75) is 0 Å². The van der Waals surface area contributed by atoms with E-state index >= 15 is 0 Å². The Hall–Kier alpha value is -1.46. The number of amides is 1. The number of carbonyl (C=O) groups is 1. The minimum atomic E-state index is -0.375. The van der Waals surface area contributed by atoms with Gasteiger partial charge in [-0.15, -0.1) is 11.6 Å². The highest BCUT2D eigenvalue weighted by Crippen LogP contribution is 2.20. The number of anilines is 1. The van der Waals surface area contributed by atoms with Crippen LogP contribution in [0, 0.1) is 0 Å². The molecule has 1 N–H and O–H groups in total. The minimum absolute atomic E-state index is 0.157. The Bertz CT molecular complexity index is 597. The fourth-order valence-corrected chi connectivity index (χ4v) is 2.20. The van der Waals surface area contributed by atoms with Crippen molar-refractivity contribution in [2.75, 3.05) is 11.2 Å². The van der Waals surface area contributed by atoms with Crippen molar-refractivity contribution in [3.63, 3.8) is 0 Å². The van der Waals surface area contributed by atoms with E-state index in [0.717, 1.165) is 4.70 Å². The Labute approximate surface area is 99.9 Å². The van der Waals surface area contributed by atoms with Crippen LogP contribution in [-0.4, -0.2) is 16.8 Å². The summed E-state index contributed by atoms with van der Waals surface area (Å²) in [4.78, 5) is 26.4. The number of hydrogen-bond acceptors (Lipinski definition) is 4. The molecule has 1 aromatic carbocycles. The molecular formula is C10H7ClN2O2S. The highest BCUT2D eigenvalue weighted by atomic mass is 35.5. The van der Waals surface area contributed by atoms with Gasteiger partial charge in [0, 0.05) is 4.70 Å². The van der Waals surface area contributed by atoms with E-state index in [1.54, 1.807) is 18.2 Å². The molecule has 0 aliphatic heterocycles. The summed E-state index contributed by atoms with van der Waals surface area (Å²) >= 11 is 6.59. The summed E-state index contributed by atoms with van der Waals surface area (Å²) in [6.45, 7) is 0. The summed E-state index contributed by atoms with van der Waals surface area (Å²) in [6.07, 6.45) is 0. The maximum Gasteiger partial charge on any atom is 0.281 e. The molecule has 0 bridgehead atoms. The molecule has 2 aromatic rings. The van der Waals surface area contributed by atoms with Crippen LogP contribution in [0.5, 0.6) is 0 Å². The third-order valence-electron chi connectivity index (χ3n) is 1.89. The van der Waals surface area contributed by atoms with E-state index in [-0.39, 0.29) is 22.5 Å². The first kappa shape index (κ1) is 11.0. The summed E-state index contributed by atoms with van der Waals surface area (Å²) in [6, 6.07) is 7.11. The van der Waals surface area contributed by atoms with Crippen LogP contribution >= 0.6 is 22.9 Å². The van der Waals surface area contributed by atoms with E-state index in [4.69, 9.17) is 11.6 Å². The van der Waals surface area contributed by atoms with Gasteiger partial charge in [0.25, 0.3) is 5.56 Å². The number of alkyl halides is 1. The molecule has 0 aliphatic carbocycles. The number of fused-ring (bicyclic) bond motifs is 1. The predicted molar refractivity (Wildman–Crippen MR) is 65.2 cm³/mol. The number of benzene rings is 1. The van der Waals surface area contributed by atoms with Gasteiger partial charge in [0.05, 0.1) is 5.39 Å². The summed E-state index contributed by atoms with van der Waals surface area (Å²) in [5.74, 6) is -0.532.